The molecule has 2 aromatic carbocycles. The van der Waals surface area contributed by atoms with Gasteiger partial charge >= 0.3 is 11.7 Å². The number of hydrogen-bond donors (Lipinski definition) is 2. The van der Waals surface area contributed by atoms with Crippen LogP contribution in [0.2, 0.25) is 5.02 Å². The van der Waals surface area contributed by atoms with Crippen LogP contribution in [-0.2, 0) is 0 Å². The standard InChI is InChI=1S/C17H11ClN2O3/c18-11-7-3-1-5-9(11)14-13-15(20-17(22)19-14)10-6-2-4-8-12(10)23-16(13)21/h1-8,14H,(H2,19,20,22). The minimum absolute atomic E-state index is 0.344. The van der Waals surface area contributed by atoms with E-state index < -0.39 is 17.7 Å². The summed E-state index contributed by atoms with van der Waals surface area (Å²) in [6.45, 7) is 0. The van der Waals surface area contributed by atoms with Gasteiger partial charge in [0.2, 0.25) is 0 Å². The van der Waals surface area contributed by atoms with E-state index in [9.17, 15) is 9.59 Å². The number of nitrogens with one attached hydrogen (secondary N) is 2. The van der Waals surface area contributed by atoms with Gasteiger partial charge < -0.3 is 15.1 Å². The second-order valence-electron chi connectivity index (χ2n) is 5.23. The maximum absolute atomic E-state index is 12.5. The van der Waals surface area contributed by atoms with Crippen molar-refractivity contribution in [1.82, 2.24) is 5.32 Å². The Bertz CT molecular complexity index is 997. The zero-order valence-corrected chi connectivity index (χ0v) is 12.6. The van der Waals surface area contributed by atoms with Crippen molar-refractivity contribution in [3.05, 3.63) is 75.1 Å². The number of fused-ring (bicyclic) bond motifs is 3. The third-order valence-electron chi connectivity index (χ3n) is 3.87. The van der Waals surface area contributed by atoms with E-state index in [0.717, 1.165) is 0 Å². The van der Waals surface area contributed by atoms with E-state index in [4.69, 9.17) is 16.0 Å². The van der Waals surface area contributed by atoms with Crippen LogP contribution in [0.25, 0.3) is 11.0 Å². The Morgan fingerprint density at radius 1 is 1.00 bits per heavy atom. The number of anilines is 1. The largest absolute Gasteiger partial charge is 0.422 e. The Hall–Kier alpha value is -2.79. The van der Waals surface area contributed by atoms with E-state index in [0.29, 0.717) is 32.8 Å². The number of urea groups is 1. The van der Waals surface area contributed by atoms with Crippen molar-refractivity contribution in [2.75, 3.05) is 5.32 Å². The smallest absolute Gasteiger partial charge is 0.344 e. The number of para-hydroxylation sites is 1. The molecule has 0 aliphatic carbocycles. The van der Waals surface area contributed by atoms with Gasteiger partial charge in [-0.25, -0.2) is 9.59 Å². The maximum atomic E-state index is 12.5. The van der Waals surface area contributed by atoms with Gasteiger partial charge in [-0.3, -0.25) is 0 Å². The Kier molecular flexibility index (Phi) is 3.09. The molecule has 2 amide bonds. The number of hydrogen-bond acceptors (Lipinski definition) is 3. The van der Waals surface area contributed by atoms with Gasteiger partial charge in [-0.2, -0.15) is 0 Å². The molecule has 1 aromatic heterocycles. The molecule has 4 rings (SSSR count). The van der Waals surface area contributed by atoms with Crippen LogP contribution >= 0.6 is 11.6 Å². The summed E-state index contributed by atoms with van der Waals surface area (Å²) in [6, 6.07) is 13.1. The summed E-state index contributed by atoms with van der Waals surface area (Å²) in [5, 5.41) is 6.60. The molecule has 5 nitrogen and oxygen atoms in total. The fourth-order valence-corrected chi connectivity index (χ4v) is 3.10. The highest BCUT2D eigenvalue weighted by molar-refractivity contribution is 6.31. The van der Waals surface area contributed by atoms with E-state index in [2.05, 4.69) is 10.6 Å². The fourth-order valence-electron chi connectivity index (χ4n) is 2.86. The second-order valence-corrected chi connectivity index (χ2v) is 5.63. The van der Waals surface area contributed by atoms with Crippen LogP contribution in [0.1, 0.15) is 17.2 Å². The van der Waals surface area contributed by atoms with Gasteiger partial charge in [-0.05, 0) is 23.8 Å². The lowest BCUT2D eigenvalue weighted by Crippen LogP contribution is -2.41. The minimum Gasteiger partial charge on any atom is -0.422 e. The summed E-state index contributed by atoms with van der Waals surface area (Å²) < 4.78 is 5.40. The van der Waals surface area contributed by atoms with Crippen molar-refractivity contribution in [2.45, 2.75) is 6.04 Å². The van der Waals surface area contributed by atoms with Gasteiger partial charge in [-0.1, -0.05) is 41.9 Å². The molecular weight excluding hydrogens is 316 g/mol. The molecule has 6 heteroatoms. The molecule has 0 radical (unpaired) electrons. The topological polar surface area (TPSA) is 71.3 Å². The van der Waals surface area contributed by atoms with E-state index in [1.165, 1.54) is 0 Å². The molecule has 1 aliphatic rings. The third kappa shape index (κ3) is 2.17. The molecule has 3 aromatic rings. The Morgan fingerprint density at radius 3 is 2.57 bits per heavy atom. The molecule has 1 unspecified atom stereocenters. The van der Waals surface area contributed by atoms with E-state index in [1.807, 2.05) is 6.07 Å². The van der Waals surface area contributed by atoms with E-state index in [1.54, 1.807) is 42.5 Å². The minimum atomic E-state index is -0.659. The maximum Gasteiger partial charge on any atom is 0.344 e. The average molecular weight is 327 g/mol. The highest BCUT2D eigenvalue weighted by Crippen LogP contribution is 2.36. The zero-order chi connectivity index (χ0) is 16.0. The van der Waals surface area contributed by atoms with Crippen LogP contribution in [0.15, 0.2) is 57.7 Å². The first-order valence-electron chi connectivity index (χ1n) is 7.03. The molecule has 2 N–H and O–H groups in total. The van der Waals surface area contributed by atoms with Crippen LogP contribution in [0.3, 0.4) is 0 Å². The highest BCUT2D eigenvalue weighted by Gasteiger charge is 2.32. The summed E-state index contributed by atoms with van der Waals surface area (Å²) in [5.41, 5.74) is 1.38. The summed E-state index contributed by atoms with van der Waals surface area (Å²) in [7, 11) is 0. The number of amides is 2. The molecule has 0 saturated heterocycles. The summed E-state index contributed by atoms with van der Waals surface area (Å²) in [6.07, 6.45) is 0. The number of carbonyl (C=O) groups is 1. The number of carbonyl (C=O) groups excluding carboxylic acids is 1. The van der Waals surface area contributed by atoms with Gasteiger partial charge in [-0.15, -0.1) is 0 Å². The van der Waals surface area contributed by atoms with E-state index >= 15 is 0 Å². The van der Waals surface area contributed by atoms with Crippen LogP contribution in [0, 0.1) is 0 Å². The first-order valence-corrected chi connectivity index (χ1v) is 7.40. The predicted octanol–water partition coefficient (Wildman–Crippen LogP) is 3.67. The first-order chi connectivity index (χ1) is 11.1. The third-order valence-corrected chi connectivity index (χ3v) is 4.21. The monoisotopic (exact) mass is 326 g/mol. The molecule has 1 aliphatic heterocycles. The number of rotatable bonds is 1. The highest BCUT2D eigenvalue weighted by atomic mass is 35.5. The van der Waals surface area contributed by atoms with Gasteiger partial charge in [0.15, 0.2) is 0 Å². The SMILES string of the molecule is O=C1Nc2c(c(=O)oc3ccccc23)C(c2ccccc2Cl)N1. The van der Waals surface area contributed by atoms with Crippen molar-refractivity contribution in [3.63, 3.8) is 0 Å². The van der Waals surface area contributed by atoms with Crippen LogP contribution in [-0.4, -0.2) is 6.03 Å². The van der Waals surface area contributed by atoms with Crippen molar-refractivity contribution < 1.29 is 9.21 Å². The second kappa shape index (κ2) is 5.14. The Morgan fingerprint density at radius 2 is 1.74 bits per heavy atom. The molecule has 0 spiro atoms. The molecule has 0 saturated carbocycles. The van der Waals surface area contributed by atoms with Crippen LogP contribution < -0.4 is 16.3 Å². The molecule has 2 heterocycles. The molecule has 1 atom stereocenters. The molecule has 114 valence electrons. The van der Waals surface area contributed by atoms with Crippen molar-refractivity contribution in [1.29, 1.82) is 0 Å². The molecule has 23 heavy (non-hydrogen) atoms. The van der Waals surface area contributed by atoms with Crippen molar-refractivity contribution in [2.24, 2.45) is 0 Å². The van der Waals surface area contributed by atoms with Gasteiger partial charge in [0, 0.05) is 10.4 Å². The van der Waals surface area contributed by atoms with Crippen LogP contribution in [0.5, 0.6) is 0 Å². The lowest BCUT2D eigenvalue weighted by atomic mass is 9.95. The quantitative estimate of drug-likeness (QED) is 0.670. The average Bonchev–Trinajstić information content (AvgIpc) is 2.54. The van der Waals surface area contributed by atoms with E-state index in [-0.39, 0.29) is 0 Å². The molecule has 0 bridgehead atoms. The molecule has 0 fully saturated rings. The summed E-state index contributed by atoms with van der Waals surface area (Å²) in [4.78, 5) is 24.6. The molecular formula is C17H11ClN2O3. The predicted molar refractivity (Wildman–Crippen MR) is 87.9 cm³/mol. The Balaban J connectivity index is 2.05. The zero-order valence-electron chi connectivity index (χ0n) is 11.8. The Labute approximate surface area is 135 Å². The lowest BCUT2D eigenvalue weighted by Gasteiger charge is -2.27. The van der Waals surface area contributed by atoms with Gasteiger partial charge in [0.05, 0.1) is 17.3 Å². The van der Waals surface area contributed by atoms with Crippen LogP contribution in [0.4, 0.5) is 10.5 Å². The number of halogens is 1. The lowest BCUT2D eigenvalue weighted by molar-refractivity contribution is 0.248. The number of benzene rings is 2. The van der Waals surface area contributed by atoms with Gasteiger partial charge in [0.25, 0.3) is 0 Å². The normalized spacial score (nSPS) is 16.6. The summed E-state index contributed by atoms with van der Waals surface area (Å²) in [5.74, 6) is 0. The first kappa shape index (κ1) is 13.8. The van der Waals surface area contributed by atoms with Gasteiger partial charge in [0.1, 0.15) is 5.58 Å². The van der Waals surface area contributed by atoms with Crippen molar-refractivity contribution in [3.8, 4) is 0 Å². The van der Waals surface area contributed by atoms with Crippen molar-refractivity contribution >= 4 is 34.3 Å². The summed E-state index contributed by atoms with van der Waals surface area (Å²) >= 11 is 6.24. The fraction of sp³-hybridized carbons (Fsp3) is 0.0588.